The second-order valence-corrected chi connectivity index (χ2v) is 2.20. The van der Waals surface area contributed by atoms with Gasteiger partial charge in [0.25, 0.3) is 0 Å². The lowest BCUT2D eigenvalue weighted by Crippen LogP contribution is -1.76. The van der Waals surface area contributed by atoms with Crippen LogP contribution in [0.25, 0.3) is 0 Å². The van der Waals surface area contributed by atoms with Crippen molar-refractivity contribution in [2.45, 2.75) is 27.2 Å². The molecular weight excluding hydrogens is 170 g/mol. The molecule has 1 heteroatoms. The van der Waals surface area contributed by atoms with E-state index in [-0.39, 0.29) is 0 Å². The van der Waals surface area contributed by atoms with Crippen molar-refractivity contribution < 1.29 is 0 Å². The Morgan fingerprint density at radius 3 is 2.50 bits per heavy atom. The van der Waals surface area contributed by atoms with Gasteiger partial charge in [-0.25, -0.2) is 0 Å². The Morgan fingerprint density at radius 2 is 2.07 bits per heavy atom. The molecule has 0 radical (unpaired) electrons. The van der Waals surface area contributed by atoms with Crippen LogP contribution in [0.15, 0.2) is 47.2 Å². The van der Waals surface area contributed by atoms with Gasteiger partial charge in [-0.15, -0.1) is 5.73 Å². The van der Waals surface area contributed by atoms with Gasteiger partial charge in [0.2, 0.25) is 0 Å². The largest absolute Gasteiger partial charge is 0.295 e. The maximum atomic E-state index is 3.91. The molecule has 0 spiro atoms. The van der Waals surface area contributed by atoms with Crippen molar-refractivity contribution in [3.05, 3.63) is 42.2 Å². The van der Waals surface area contributed by atoms with Gasteiger partial charge in [-0.05, 0) is 18.6 Å². The zero-order valence-corrected chi connectivity index (χ0v) is 9.75. The predicted octanol–water partition coefficient (Wildman–Crippen LogP) is 3.95. The first-order chi connectivity index (χ1) is 6.85. The maximum absolute atomic E-state index is 3.91. The zero-order valence-electron chi connectivity index (χ0n) is 9.75. The van der Waals surface area contributed by atoms with E-state index < -0.39 is 0 Å². The van der Waals surface area contributed by atoms with Gasteiger partial charge in [-0.3, -0.25) is 4.99 Å². The van der Waals surface area contributed by atoms with Crippen LogP contribution in [0.4, 0.5) is 0 Å². The summed E-state index contributed by atoms with van der Waals surface area (Å²) in [5.41, 5.74) is 4.01. The SMILES string of the molecule is C=CC=C=C(C=NC)/C=C\CC.CC. The number of hydrogen-bond acceptors (Lipinski definition) is 1. The molecule has 0 saturated heterocycles. The number of nitrogens with zero attached hydrogens (tertiary/aromatic N) is 1. The monoisotopic (exact) mass is 191 g/mol. The summed E-state index contributed by atoms with van der Waals surface area (Å²) >= 11 is 0. The topological polar surface area (TPSA) is 12.4 Å². The van der Waals surface area contributed by atoms with Gasteiger partial charge in [0.15, 0.2) is 0 Å². The van der Waals surface area contributed by atoms with Crippen molar-refractivity contribution >= 4 is 6.21 Å². The molecule has 0 bridgehead atoms. The van der Waals surface area contributed by atoms with E-state index in [1.165, 1.54) is 0 Å². The third-order valence-corrected chi connectivity index (χ3v) is 1.17. The molecule has 1 nitrogen and oxygen atoms in total. The van der Waals surface area contributed by atoms with Crippen molar-refractivity contribution in [2.75, 3.05) is 7.05 Å². The predicted molar refractivity (Wildman–Crippen MR) is 67.0 cm³/mol. The first-order valence-electron chi connectivity index (χ1n) is 5.01. The average molecular weight is 191 g/mol. The normalized spacial score (nSPS) is 9.14. The van der Waals surface area contributed by atoms with Crippen LogP contribution < -0.4 is 0 Å². The van der Waals surface area contributed by atoms with Crippen LogP contribution in [-0.2, 0) is 0 Å². The molecule has 78 valence electrons. The highest BCUT2D eigenvalue weighted by atomic mass is 14.6. The number of rotatable bonds is 4. The van der Waals surface area contributed by atoms with E-state index in [1.54, 1.807) is 25.4 Å². The molecule has 0 fully saturated rings. The maximum Gasteiger partial charge on any atom is 0.0359 e. The van der Waals surface area contributed by atoms with Gasteiger partial charge in [0, 0.05) is 18.8 Å². The molecule has 0 heterocycles. The molecule has 14 heavy (non-hydrogen) atoms. The van der Waals surface area contributed by atoms with Crippen LogP contribution in [0, 0.1) is 0 Å². The lowest BCUT2D eigenvalue weighted by Gasteiger charge is -1.85. The van der Waals surface area contributed by atoms with Crippen LogP contribution >= 0.6 is 0 Å². The molecule has 0 aromatic heterocycles. The van der Waals surface area contributed by atoms with E-state index in [4.69, 9.17) is 0 Å². The van der Waals surface area contributed by atoms with Gasteiger partial charge in [0.1, 0.15) is 0 Å². The molecule has 0 aliphatic heterocycles. The van der Waals surface area contributed by atoms with Crippen LogP contribution in [0.1, 0.15) is 27.2 Å². The molecule has 0 saturated carbocycles. The van der Waals surface area contributed by atoms with E-state index in [2.05, 4.69) is 30.3 Å². The van der Waals surface area contributed by atoms with Gasteiger partial charge in [-0.2, -0.15) is 0 Å². The summed E-state index contributed by atoms with van der Waals surface area (Å²) in [5.74, 6) is 0. The summed E-state index contributed by atoms with van der Waals surface area (Å²) in [5, 5.41) is 0. The first kappa shape index (κ1) is 15.2. The van der Waals surface area contributed by atoms with Crippen molar-refractivity contribution in [3.8, 4) is 0 Å². The van der Waals surface area contributed by atoms with Crippen LogP contribution in [-0.4, -0.2) is 13.3 Å². The summed E-state index contributed by atoms with van der Waals surface area (Å²) in [6, 6.07) is 0. The van der Waals surface area contributed by atoms with E-state index >= 15 is 0 Å². The molecule has 0 atom stereocenters. The lowest BCUT2D eigenvalue weighted by atomic mass is 10.2. The minimum Gasteiger partial charge on any atom is -0.295 e. The molecule has 0 unspecified atom stereocenters. The fourth-order valence-electron chi connectivity index (χ4n) is 0.667. The van der Waals surface area contributed by atoms with E-state index in [0.29, 0.717) is 0 Å². The molecular formula is C13H21N. The quantitative estimate of drug-likeness (QED) is 0.362. The molecule has 0 rings (SSSR count). The Hall–Kier alpha value is -1.33. The van der Waals surface area contributed by atoms with Crippen molar-refractivity contribution in [1.29, 1.82) is 0 Å². The molecule has 0 aromatic rings. The van der Waals surface area contributed by atoms with Gasteiger partial charge < -0.3 is 0 Å². The highest BCUT2D eigenvalue weighted by Gasteiger charge is 1.80. The summed E-state index contributed by atoms with van der Waals surface area (Å²) in [6.45, 7) is 9.66. The van der Waals surface area contributed by atoms with Crippen LogP contribution in [0.2, 0.25) is 0 Å². The van der Waals surface area contributed by atoms with Crippen LogP contribution in [0.3, 0.4) is 0 Å². The smallest absolute Gasteiger partial charge is 0.0359 e. The van der Waals surface area contributed by atoms with Gasteiger partial charge in [0.05, 0.1) is 0 Å². The fraction of sp³-hybridized carbons (Fsp3) is 0.385. The Labute approximate surface area is 88.3 Å². The van der Waals surface area contributed by atoms with E-state index in [0.717, 1.165) is 12.0 Å². The summed E-state index contributed by atoms with van der Waals surface area (Å²) < 4.78 is 0. The zero-order chi connectivity index (χ0) is 11.2. The van der Waals surface area contributed by atoms with E-state index in [1.807, 2.05) is 19.9 Å². The third kappa shape index (κ3) is 10.7. The van der Waals surface area contributed by atoms with Crippen molar-refractivity contribution in [2.24, 2.45) is 4.99 Å². The second kappa shape index (κ2) is 14.2. The highest BCUT2D eigenvalue weighted by molar-refractivity contribution is 5.81. The third-order valence-electron chi connectivity index (χ3n) is 1.17. The number of allylic oxidation sites excluding steroid dienone is 4. The lowest BCUT2D eigenvalue weighted by molar-refractivity contribution is 1.22. The summed E-state index contributed by atoms with van der Waals surface area (Å²) in [7, 11) is 1.75. The van der Waals surface area contributed by atoms with Crippen molar-refractivity contribution in [1.82, 2.24) is 0 Å². The number of hydrogen-bond donors (Lipinski definition) is 0. The molecule has 0 amide bonds. The fourth-order valence-corrected chi connectivity index (χ4v) is 0.667. The molecule has 0 aliphatic carbocycles. The first-order valence-corrected chi connectivity index (χ1v) is 5.01. The summed E-state index contributed by atoms with van der Waals surface area (Å²) in [6.07, 6.45) is 10.3. The van der Waals surface area contributed by atoms with Gasteiger partial charge in [-0.1, -0.05) is 39.5 Å². The minimum atomic E-state index is 0.972. The molecule has 0 aromatic carbocycles. The average Bonchev–Trinajstić information content (AvgIpc) is 2.25. The molecule has 0 aliphatic rings. The molecule has 0 N–H and O–H groups in total. The Bertz CT molecular complexity index is 238. The Kier molecular flexibility index (Phi) is 15.4. The standard InChI is InChI=1S/C11H15N.C2H6/c1-4-6-8-11(10-12-3)9-7-5-2;1-2/h4,6-7,9-10H,1,5H2,2-3H3;1-2H3/b9-7-,12-10?;. The van der Waals surface area contributed by atoms with E-state index in [9.17, 15) is 0 Å². The van der Waals surface area contributed by atoms with Crippen molar-refractivity contribution in [3.63, 3.8) is 0 Å². The highest BCUT2D eigenvalue weighted by Crippen LogP contribution is 1.92. The number of aliphatic imine (C=N–C) groups is 1. The Morgan fingerprint density at radius 1 is 1.43 bits per heavy atom. The van der Waals surface area contributed by atoms with Gasteiger partial charge >= 0.3 is 0 Å². The summed E-state index contributed by atoms with van der Waals surface area (Å²) in [4.78, 5) is 3.91. The Balaban J connectivity index is 0. The van der Waals surface area contributed by atoms with Crippen LogP contribution in [0.5, 0.6) is 0 Å². The minimum absolute atomic E-state index is 0.972. The second-order valence-electron chi connectivity index (χ2n) is 2.20.